The fourth-order valence-corrected chi connectivity index (χ4v) is 5.50. The summed E-state index contributed by atoms with van der Waals surface area (Å²) in [5.74, 6) is 0. The van der Waals surface area contributed by atoms with Gasteiger partial charge in [0.25, 0.3) is 0 Å². The smallest absolute Gasteiger partial charge is 0.136 e. The maximum atomic E-state index is 15.6. The predicted molar refractivity (Wildman–Crippen MR) is 130 cm³/mol. The molecule has 3 heteroatoms. The van der Waals surface area contributed by atoms with Crippen molar-refractivity contribution in [2.24, 2.45) is 0 Å². The van der Waals surface area contributed by atoms with Crippen LogP contribution in [0.4, 0.5) is 8.78 Å². The summed E-state index contributed by atoms with van der Waals surface area (Å²) in [6, 6.07) is 16.8. The number of hydrogen-bond acceptors (Lipinski definition) is 1. The van der Waals surface area contributed by atoms with E-state index in [9.17, 15) is 0 Å². The van der Waals surface area contributed by atoms with Gasteiger partial charge in [0.2, 0.25) is 0 Å². The van der Waals surface area contributed by atoms with E-state index in [0.29, 0.717) is 31.7 Å². The Hall–Kier alpha value is -1.74. The molecular formula is C29H39F2N. The molecule has 2 saturated carbocycles. The largest absolute Gasteiger partial charge is 0.300 e. The van der Waals surface area contributed by atoms with Crippen LogP contribution >= 0.6 is 0 Å². The van der Waals surface area contributed by atoms with Gasteiger partial charge in [-0.2, -0.15) is 0 Å². The third kappa shape index (κ3) is 4.93. The molecule has 0 saturated heterocycles. The molecule has 0 aliphatic heterocycles. The van der Waals surface area contributed by atoms with Crippen LogP contribution in [-0.4, -0.2) is 24.0 Å². The highest BCUT2D eigenvalue weighted by molar-refractivity contribution is 5.44. The Kier molecular flexibility index (Phi) is 7.34. The average Bonchev–Trinajstić information content (AvgIpc) is 2.77. The van der Waals surface area contributed by atoms with E-state index >= 15 is 8.78 Å². The summed E-state index contributed by atoms with van der Waals surface area (Å²) < 4.78 is 31.1. The van der Waals surface area contributed by atoms with Gasteiger partial charge in [-0.15, -0.1) is 0 Å². The molecular weight excluding hydrogens is 400 g/mol. The van der Waals surface area contributed by atoms with Gasteiger partial charge in [0.1, 0.15) is 11.3 Å². The zero-order valence-electron chi connectivity index (χ0n) is 19.9. The van der Waals surface area contributed by atoms with Gasteiger partial charge in [-0.3, -0.25) is 0 Å². The number of alkyl halides is 2. The van der Waals surface area contributed by atoms with E-state index in [0.717, 1.165) is 68.3 Å². The Morgan fingerprint density at radius 2 is 1.41 bits per heavy atom. The summed E-state index contributed by atoms with van der Waals surface area (Å²) in [5.41, 5.74) is 1.41. The maximum Gasteiger partial charge on any atom is 0.136 e. The molecule has 1 unspecified atom stereocenters. The lowest BCUT2D eigenvalue weighted by atomic mass is 9.69. The average molecular weight is 440 g/mol. The number of halogens is 2. The zero-order valence-corrected chi connectivity index (χ0v) is 19.9. The van der Waals surface area contributed by atoms with Crippen LogP contribution in [0.15, 0.2) is 48.5 Å². The van der Waals surface area contributed by atoms with Crippen molar-refractivity contribution in [3.63, 3.8) is 0 Å². The van der Waals surface area contributed by atoms with Gasteiger partial charge in [0, 0.05) is 12.6 Å². The quantitative estimate of drug-likeness (QED) is 0.347. The molecule has 174 valence electrons. The van der Waals surface area contributed by atoms with E-state index in [2.05, 4.69) is 49.1 Å². The van der Waals surface area contributed by atoms with Gasteiger partial charge < -0.3 is 4.90 Å². The van der Waals surface area contributed by atoms with Crippen LogP contribution in [0.1, 0.15) is 87.5 Å². The molecule has 0 spiro atoms. The lowest BCUT2D eigenvalue weighted by Crippen LogP contribution is -2.37. The van der Waals surface area contributed by atoms with E-state index in [1.54, 1.807) is 0 Å². The van der Waals surface area contributed by atoms with Crippen LogP contribution in [0.3, 0.4) is 0 Å². The topological polar surface area (TPSA) is 3.24 Å². The standard InChI is InChI=1S/C29H39F2N/c1-3-21-32(22-16-24-10-5-4-6-11-24)23(2)14-15-25-26(28(30)17-8-18-28)12-7-13-27(25)29(31)19-9-20-29/h4-7,10-13,23H,3,8-9,14-22H2,1-2H3. The molecule has 2 fully saturated rings. The van der Waals surface area contributed by atoms with Gasteiger partial charge in [-0.05, 0) is 99.9 Å². The molecule has 1 atom stereocenters. The van der Waals surface area contributed by atoms with Crippen molar-refractivity contribution in [2.75, 3.05) is 13.1 Å². The summed E-state index contributed by atoms with van der Waals surface area (Å²) in [4.78, 5) is 2.55. The van der Waals surface area contributed by atoms with Crippen molar-refractivity contribution in [2.45, 2.75) is 95.4 Å². The lowest BCUT2D eigenvalue weighted by molar-refractivity contribution is 0.0512. The van der Waals surface area contributed by atoms with Crippen LogP contribution in [0, 0.1) is 0 Å². The van der Waals surface area contributed by atoms with Crippen LogP contribution in [-0.2, 0) is 24.2 Å². The van der Waals surface area contributed by atoms with E-state index in [4.69, 9.17) is 0 Å². The predicted octanol–water partition coefficient (Wildman–Crippen LogP) is 7.66. The Labute approximate surface area is 193 Å². The summed E-state index contributed by atoms with van der Waals surface area (Å²) >= 11 is 0. The third-order valence-electron chi connectivity index (χ3n) is 7.91. The Morgan fingerprint density at radius 3 is 1.91 bits per heavy atom. The van der Waals surface area contributed by atoms with Crippen molar-refractivity contribution in [1.29, 1.82) is 0 Å². The van der Waals surface area contributed by atoms with Gasteiger partial charge in [0.05, 0.1) is 0 Å². The molecule has 4 rings (SSSR count). The first kappa shape index (κ1) is 23.4. The molecule has 0 aromatic heterocycles. The molecule has 0 radical (unpaired) electrons. The van der Waals surface area contributed by atoms with Gasteiger partial charge in [-0.1, -0.05) is 55.5 Å². The molecule has 0 bridgehead atoms. The SMILES string of the molecule is CCCN(CCc1ccccc1)C(C)CCc1c(C2(F)CCC2)cccc1C1(F)CCC1. The van der Waals surface area contributed by atoms with E-state index < -0.39 is 11.3 Å². The molecule has 0 heterocycles. The molecule has 32 heavy (non-hydrogen) atoms. The van der Waals surface area contributed by atoms with Crippen LogP contribution in [0.2, 0.25) is 0 Å². The molecule has 1 nitrogen and oxygen atoms in total. The number of hydrogen-bond donors (Lipinski definition) is 0. The minimum Gasteiger partial charge on any atom is -0.300 e. The molecule has 2 aliphatic rings. The molecule has 2 aliphatic carbocycles. The van der Waals surface area contributed by atoms with Crippen molar-refractivity contribution in [3.8, 4) is 0 Å². The Balaban J connectivity index is 1.49. The normalized spacial score (nSPS) is 19.9. The molecule has 2 aromatic carbocycles. The maximum absolute atomic E-state index is 15.6. The summed E-state index contributed by atoms with van der Waals surface area (Å²) in [6.07, 6.45) is 8.03. The summed E-state index contributed by atoms with van der Waals surface area (Å²) in [5, 5.41) is 0. The Morgan fingerprint density at radius 1 is 0.812 bits per heavy atom. The minimum absolute atomic E-state index is 0.383. The molecule has 0 amide bonds. The fourth-order valence-electron chi connectivity index (χ4n) is 5.50. The second-order valence-electron chi connectivity index (χ2n) is 10.1. The first-order valence-corrected chi connectivity index (χ1v) is 12.7. The molecule has 2 aromatic rings. The lowest BCUT2D eigenvalue weighted by Gasteiger charge is -2.40. The highest BCUT2D eigenvalue weighted by atomic mass is 19.1. The number of rotatable bonds is 11. The van der Waals surface area contributed by atoms with Crippen molar-refractivity contribution >= 4 is 0 Å². The highest BCUT2D eigenvalue weighted by Crippen LogP contribution is 2.51. The zero-order chi connectivity index (χ0) is 22.6. The summed E-state index contributed by atoms with van der Waals surface area (Å²) in [6.45, 7) is 6.59. The van der Waals surface area contributed by atoms with E-state index in [-0.39, 0.29) is 0 Å². The van der Waals surface area contributed by atoms with Crippen LogP contribution < -0.4 is 0 Å². The highest BCUT2D eigenvalue weighted by Gasteiger charge is 2.45. The van der Waals surface area contributed by atoms with E-state index in [1.165, 1.54) is 5.56 Å². The third-order valence-corrected chi connectivity index (χ3v) is 7.91. The molecule has 0 N–H and O–H groups in total. The minimum atomic E-state index is -1.24. The number of nitrogens with zero attached hydrogens (tertiary/aromatic N) is 1. The van der Waals surface area contributed by atoms with Gasteiger partial charge in [-0.25, -0.2) is 8.78 Å². The second-order valence-corrected chi connectivity index (χ2v) is 10.1. The van der Waals surface area contributed by atoms with Crippen molar-refractivity contribution in [3.05, 3.63) is 70.8 Å². The van der Waals surface area contributed by atoms with Gasteiger partial charge >= 0.3 is 0 Å². The van der Waals surface area contributed by atoms with Gasteiger partial charge in [0.15, 0.2) is 0 Å². The van der Waals surface area contributed by atoms with Crippen LogP contribution in [0.25, 0.3) is 0 Å². The fraction of sp³-hybridized carbons (Fsp3) is 0.586. The Bertz CT molecular complexity index is 832. The number of benzene rings is 2. The van der Waals surface area contributed by atoms with Crippen LogP contribution in [0.5, 0.6) is 0 Å². The first-order chi connectivity index (χ1) is 15.5. The van der Waals surface area contributed by atoms with Crippen molar-refractivity contribution in [1.82, 2.24) is 4.90 Å². The first-order valence-electron chi connectivity index (χ1n) is 12.7. The van der Waals surface area contributed by atoms with Crippen molar-refractivity contribution < 1.29 is 8.78 Å². The second kappa shape index (κ2) is 10.0. The summed E-state index contributed by atoms with van der Waals surface area (Å²) in [7, 11) is 0. The van der Waals surface area contributed by atoms with E-state index in [1.807, 2.05) is 18.2 Å². The monoisotopic (exact) mass is 439 g/mol.